The number of para-hydroxylation sites is 1. The number of fused-ring (bicyclic) bond motifs is 3. The van der Waals surface area contributed by atoms with Gasteiger partial charge >= 0.3 is 0 Å². The molecule has 1 fully saturated rings. The number of thiazole rings is 1. The van der Waals surface area contributed by atoms with Gasteiger partial charge in [-0.15, -0.1) is 11.3 Å². The van der Waals surface area contributed by atoms with Gasteiger partial charge in [0.2, 0.25) is 11.8 Å². The van der Waals surface area contributed by atoms with Crippen LogP contribution in [0.2, 0.25) is 5.02 Å². The van der Waals surface area contributed by atoms with Gasteiger partial charge in [-0.1, -0.05) is 23.7 Å². The highest BCUT2D eigenvalue weighted by molar-refractivity contribution is 7.14. The van der Waals surface area contributed by atoms with Crippen molar-refractivity contribution < 1.29 is 19.1 Å². The number of methoxy groups -OCH3 is 1. The lowest BCUT2D eigenvalue weighted by Gasteiger charge is -2.48. The molecule has 1 saturated heterocycles. The third-order valence-corrected chi connectivity index (χ3v) is 7.30. The molecule has 2 aromatic carbocycles. The van der Waals surface area contributed by atoms with Crippen molar-refractivity contribution in [2.24, 2.45) is 0 Å². The maximum Gasteiger partial charge on any atom is 0.258 e. The third kappa shape index (κ3) is 3.61. The number of hydrogen-bond donors (Lipinski definition) is 1. The van der Waals surface area contributed by atoms with E-state index in [2.05, 4.69) is 10.3 Å². The summed E-state index contributed by atoms with van der Waals surface area (Å²) in [5, 5.41) is 5.47. The molecule has 34 heavy (non-hydrogen) atoms. The Balaban J connectivity index is 1.36. The lowest BCUT2D eigenvalue weighted by molar-refractivity contribution is -0.120. The van der Waals surface area contributed by atoms with Gasteiger partial charge in [0.25, 0.3) is 5.91 Å². The number of rotatable bonds is 5. The summed E-state index contributed by atoms with van der Waals surface area (Å²) in [6, 6.07) is 12.3. The summed E-state index contributed by atoms with van der Waals surface area (Å²) in [5.74, 6) is -0.153. The summed E-state index contributed by atoms with van der Waals surface area (Å²) >= 11 is 7.49. The minimum Gasteiger partial charge on any atom is -0.495 e. The van der Waals surface area contributed by atoms with Gasteiger partial charge < -0.3 is 15.0 Å². The average Bonchev–Trinajstić information content (AvgIpc) is 3.41. The van der Waals surface area contributed by atoms with Gasteiger partial charge in [-0.25, -0.2) is 4.98 Å². The van der Waals surface area contributed by atoms with Crippen LogP contribution in [0.5, 0.6) is 5.75 Å². The predicted molar refractivity (Wildman–Crippen MR) is 130 cm³/mol. The van der Waals surface area contributed by atoms with E-state index >= 15 is 0 Å². The van der Waals surface area contributed by atoms with E-state index in [0.29, 0.717) is 45.7 Å². The zero-order chi connectivity index (χ0) is 24.0. The van der Waals surface area contributed by atoms with Crippen LogP contribution in [0.1, 0.15) is 30.1 Å². The Bertz CT molecular complexity index is 1330. The molecule has 0 saturated carbocycles. The monoisotopic (exact) mass is 496 g/mol. The number of halogens is 1. The van der Waals surface area contributed by atoms with Crippen molar-refractivity contribution in [3.05, 3.63) is 58.4 Å². The Kier molecular flexibility index (Phi) is 5.53. The molecular weight excluding hydrogens is 476 g/mol. The standard InChI is InChI=1S/C24H21ClN4O4S/c1-24-10-9-21(31)29(24)18-6-4-3-5-15(18)22(32)28(24)12-20(30)27-23-26-17(13-34-23)14-7-8-19(33-2)16(25)11-14/h3-8,11,13H,9-10,12H2,1-2H3,(H,26,27,30). The van der Waals surface area contributed by atoms with E-state index in [4.69, 9.17) is 16.3 Å². The van der Waals surface area contributed by atoms with Crippen LogP contribution in [0.4, 0.5) is 10.8 Å². The van der Waals surface area contributed by atoms with Crippen LogP contribution in [-0.2, 0) is 9.59 Å². The number of amides is 3. The molecule has 0 radical (unpaired) electrons. The molecule has 3 aromatic rings. The largest absolute Gasteiger partial charge is 0.495 e. The van der Waals surface area contributed by atoms with Crippen LogP contribution in [0, 0.1) is 0 Å². The van der Waals surface area contributed by atoms with Crippen molar-refractivity contribution in [3.63, 3.8) is 0 Å². The van der Waals surface area contributed by atoms with Crippen LogP contribution < -0.4 is 15.0 Å². The molecule has 2 aliphatic rings. The number of nitrogens with one attached hydrogen (secondary N) is 1. The average molecular weight is 497 g/mol. The number of nitrogens with zero attached hydrogens (tertiary/aromatic N) is 3. The van der Waals surface area contributed by atoms with Crippen molar-refractivity contribution in [1.29, 1.82) is 0 Å². The van der Waals surface area contributed by atoms with Crippen molar-refractivity contribution in [3.8, 4) is 17.0 Å². The van der Waals surface area contributed by atoms with Crippen LogP contribution in [0.25, 0.3) is 11.3 Å². The van der Waals surface area contributed by atoms with Crippen molar-refractivity contribution >= 4 is 51.5 Å². The second-order valence-electron chi connectivity index (χ2n) is 8.29. The summed E-state index contributed by atoms with van der Waals surface area (Å²) < 4.78 is 5.18. The Morgan fingerprint density at radius 3 is 2.82 bits per heavy atom. The summed E-state index contributed by atoms with van der Waals surface area (Å²) in [6.07, 6.45) is 0.773. The molecule has 0 spiro atoms. The molecule has 1 N–H and O–H groups in total. The zero-order valence-corrected chi connectivity index (χ0v) is 20.1. The second kappa shape index (κ2) is 8.41. The molecule has 3 amide bonds. The smallest absolute Gasteiger partial charge is 0.258 e. The molecule has 2 aliphatic heterocycles. The van der Waals surface area contributed by atoms with E-state index in [1.165, 1.54) is 16.2 Å². The van der Waals surface area contributed by atoms with Crippen LogP contribution in [0.15, 0.2) is 47.8 Å². The molecular formula is C24H21ClN4O4S. The fourth-order valence-corrected chi connectivity index (χ4v) is 5.53. The highest BCUT2D eigenvalue weighted by atomic mass is 35.5. The molecule has 8 nitrogen and oxygen atoms in total. The number of hydrogen-bond acceptors (Lipinski definition) is 6. The SMILES string of the molecule is COc1ccc(-c2csc(NC(=O)CN3C(=O)c4ccccc4N4C(=O)CCC34C)n2)cc1Cl. The van der Waals surface area contributed by atoms with Gasteiger partial charge in [0, 0.05) is 17.4 Å². The van der Waals surface area contributed by atoms with Gasteiger partial charge in [0.1, 0.15) is 18.0 Å². The van der Waals surface area contributed by atoms with Crippen LogP contribution in [-0.4, -0.2) is 46.9 Å². The molecule has 10 heteroatoms. The topological polar surface area (TPSA) is 91.8 Å². The molecule has 1 aromatic heterocycles. The Morgan fingerprint density at radius 1 is 1.26 bits per heavy atom. The zero-order valence-electron chi connectivity index (χ0n) is 18.5. The number of benzene rings is 2. The van der Waals surface area contributed by atoms with E-state index in [0.717, 1.165) is 5.56 Å². The van der Waals surface area contributed by atoms with Crippen LogP contribution >= 0.6 is 22.9 Å². The van der Waals surface area contributed by atoms with Gasteiger partial charge in [-0.3, -0.25) is 19.3 Å². The quantitative estimate of drug-likeness (QED) is 0.565. The van der Waals surface area contributed by atoms with E-state index < -0.39 is 5.66 Å². The lowest BCUT2D eigenvalue weighted by atomic mass is 9.98. The highest BCUT2D eigenvalue weighted by Crippen LogP contribution is 2.44. The second-order valence-corrected chi connectivity index (χ2v) is 9.56. The molecule has 3 heterocycles. The first-order chi connectivity index (χ1) is 16.3. The summed E-state index contributed by atoms with van der Waals surface area (Å²) in [4.78, 5) is 46.5. The Labute approximate surface area is 205 Å². The number of carbonyl (C=O) groups excluding carboxylic acids is 3. The van der Waals surface area contributed by atoms with Gasteiger partial charge in [0.15, 0.2) is 5.13 Å². The number of aromatic nitrogens is 1. The molecule has 0 bridgehead atoms. The molecule has 5 rings (SSSR count). The predicted octanol–water partition coefficient (Wildman–Crippen LogP) is 4.41. The Hall–Kier alpha value is -3.43. The van der Waals surface area contributed by atoms with Gasteiger partial charge in [-0.2, -0.15) is 0 Å². The van der Waals surface area contributed by atoms with Crippen LogP contribution in [0.3, 0.4) is 0 Å². The molecule has 174 valence electrons. The number of carbonyl (C=O) groups is 3. The Morgan fingerprint density at radius 2 is 2.06 bits per heavy atom. The normalized spacial score (nSPS) is 19.1. The highest BCUT2D eigenvalue weighted by Gasteiger charge is 2.53. The van der Waals surface area contributed by atoms with Crippen molar-refractivity contribution in [1.82, 2.24) is 9.88 Å². The fraction of sp³-hybridized carbons (Fsp3) is 0.250. The van der Waals surface area contributed by atoms with E-state index in [1.54, 1.807) is 48.4 Å². The lowest BCUT2D eigenvalue weighted by Crippen LogP contribution is -2.63. The first-order valence-corrected chi connectivity index (χ1v) is 11.9. The third-order valence-electron chi connectivity index (χ3n) is 6.25. The van der Waals surface area contributed by atoms with Crippen molar-refractivity contribution in [2.75, 3.05) is 23.9 Å². The number of anilines is 2. The van der Waals surface area contributed by atoms with E-state index in [1.807, 2.05) is 18.4 Å². The first-order valence-electron chi connectivity index (χ1n) is 10.6. The first kappa shape index (κ1) is 22.4. The van der Waals surface area contributed by atoms with Crippen molar-refractivity contribution in [2.45, 2.75) is 25.4 Å². The minimum atomic E-state index is -0.895. The molecule has 0 aliphatic carbocycles. The minimum absolute atomic E-state index is 0.0597. The van der Waals surface area contributed by atoms with E-state index in [-0.39, 0.29) is 24.3 Å². The summed E-state index contributed by atoms with van der Waals surface area (Å²) in [6.45, 7) is 1.63. The molecule has 1 unspecified atom stereocenters. The van der Waals surface area contributed by atoms with Gasteiger partial charge in [-0.05, 0) is 43.7 Å². The van der Waals surface area contributed by atoms with E-state index in [9.17, 15) is 14.4 Å². The molecule has 1 atom stereocenters. The summed E-state index contributed by atoms with van der Waals surface area (Å²) in [5.41, 5.74) is 1.56. The fourth-order valence-electron chi connectivity index (χ4n) is 4.53. The summed E-state index contributed by atoms with van der Waals surface area (Å²) in [7, 11) is 1.55. The maximum atomic E-state index is 13.3. The maximum absolute atomic E-state index is 13.3. The number of ether oxygens (including phenoxy) is 1. The van der Waals surface area contributed by atoms with Gasteiger partial charge in [0.05, 0.1) is 29.1 Å².